The van der Waals surface area contributed by atoms with Crippen LogP contribution in [0.3, 0.4) is 0 Å². The highest BCUT2D eigenvalue weighted by atomic mass is 79.9. The monoisotopic (exact) mass is 361 g/mol. The quantitative estimate of drug-likeness (QED) is 0.800. The predicted molar refractivity (Wildman–Crippen MR) is 91.1 cm³/mol. The first-order valence-corrected chi connectivity index (χ1v) is 8.70. The number of nitrogens with zero attached hydrogens (tertiary/aromatic N) is 1. The van der Waals surface area contributed by atoms with Crippen molar-refractivity contribution < 1.29 is 4.79 Å². The molecule has 1 heterocycles. The van der Waals surface area contributed by atoms with Crippen LogP contribution < -0.4 is 0 Å². The molecule has 0 aromatic heterocycles. The lowest BCUT2D eigenvalue weighted by Crippen LogP contribution is -2.27. The van der Waals surface area contributed by atoms with E-state index in [0.29, 0.717) is 12.3 Å². The van der Waals surface area contributed by atoms with Crippen molar-refractivity contribution in [2.24, 2.45) is 0 Å². The minimum absolute atomic E-state index is 0.108. The van der Waals surface area contributed by atoms with E-state index in [2.05, 4.69) is 59.3 Å². The summed E-state index contributed by atoms with van der Waals surface area (Å²) in [5.41, 5.74) is 3.59. The maximum Gasteiger partial charge on any atom is 0.234 e. The van der Waals surface area contributed by atoms with Crippen LogP contribution in [0.2, 0.25) is 0 Å². The molecule has 21 heavy (non-hydrogen) atoms. The van der Waals surface area contributed by atoms with Crippen molar-refractivity contribution in [3.63, 3.8) is 0 Å². The van der Waals surface area contributed by atoms with Crippen LogP contribution in [-0.2, 0) is 11.3 Å². The van der Waals surface area contributed by atoms with Gasteiger partial charge in [-0.25, -0.2) is 0 Å². The smallest absolute Gasteiger partial charge is 0.234 e. The van der Waals surface area contributed by atoms with Gasteiger partial charge in [-0.2, -0.15) is 0 Å². The Balaban J connectivity index is 1.84. The Labute approximate surface area is 137 Å². The first kappa shape index (κ1) is 14.7. The maximum absolute atomic E-state index is 12.2. The van der Waals surface area contributed by atoms with E-state index in [0.717, 1.165) is 4.47 Å². The molecule has 1 amide bonds. The molecule has 2 nitrogen and oxygen atoms in total. The second-order valence-electron chi connectivity index (χ2n) is 5.23. The molecule has 1 saturated heterocycles. The van der Waals surface area contributed by atoms with Gasteiger partial charge < -0.3 is 4.90 Å². The van der Waals surface area contributed by atoms with Gasteiger partial charge in [-0.15, -0.1) is 11.8 Å². The summed E-state index contributed by atoms with van der Waals surface area (Å²) in [4.78, 5) is 14.2. The lowest BCUT2D eigenvalue weighted by atomic mass is 10.1. The number of thioether (sulfide) groups is 1. The lowest BCUT2D eigenvalue weighted by Gasteiger charge is -2.24. The van der Waals surface area contributed by atoms with Crippen LogP contribution in [0.4, 0.5) is 0 Å². The molecule has 0 unspecified atom stereocenters. The summed E-state index contributed by atoms with van der Waals surface area (Å²) in [7, 11) is 0. The first-order valence-electron chi connectivity index (χ1n) is 6.85. The van der Waals surface area contributed by atoms with E-state index < -0.39 is 0 Å². The normalized spacial score (nSPS) is 18.3. The molecule has 3 rings (SSSR count). The Kier molecular flexibility index (Phi) is 4.36. The molecule has 2 aromatic rings. The average molecular weight is 362 g/mol. The third kappa shape index (κ3) is 3.33. The number of carbonyl (C=O) groups is 1. The third-order valence-electron chi connectivity index (χ3n) is 3.58. The zero-order chi connectivity index (χ0) is 14.8. The largest absolute Gasteiger partial charge is 0.322 e. The molecule has 0 radical (unpaired) electrons. The standard InChI is InChI=1S/C17H16BrNOS/c1-12-5-7-13(8-6-12)10-19-16(20)11-21-17(19)14-3-2-4-15(18)9-14/h2-9,17H,10-11H2,1H3/t17-/m0/s1. The van der Waals surface area contributed by atoms with Crippen LogP contribution in [0.15, 0.2) is 53.0 Å². The van der Waals surface area contributed by atoms with Crippen LogP contribution in [0.1, 0.15) is 22.1 Å². The van der Waals surface area contributed by atoms with Crippen molar-refractivity contribution in [2.75, 3.05) is 5.75 Å². The van der Waals surface area contributed by atoms with Crippen molar-refractivity contribution in [2.45, 2.75) is 18.8 Å². The topological polar surface area (TPSA) is 20.3 Å². The first-order chi connectivity index (χ1) is 10.1. The summed E-state index contributed by atoms with van der Waals surface area (Å²) in [5.74, 6) is 0.772. The Morgan fingerprint density at radius 2 is 2.00 bits per heavy atom. The summed E-state index contributed by atoms with van der Waals surface area (Å²) < 4.78 is 1.05. The average Bonchev–Trinajstić information content (AvgIpc) is 2.83. The van der Waals surface area contributed by atoms with E-state index in [1.54, 1.807) is 11.8 Å². The van der Waals surface area contributed by atoms with Crippen LogP contribution >= 0.6 is 27.7 Å². The highest BCUT2D eigenvalue weighted by molar-refractivity contribution is 9.10. The number of amides is 1. The van der Waals surface area contributed by atoms with Gasteiger partial charge in [-0.3, -0.25) is 4.79 Å². The van der Waals surface area contributed by atoms with E-state index in [1.165, 1.54) is 16.7 Å². The Hall–Kier alpha value is -1.26. The van der Waals surface area contributed by atoms with Gasteiger partial charge in [0.1, 0.15) is 5.37 Å². The zero-order valence-electron chi connectivity index (χ0n) is 11.8. The van der Waals surface area contributed by atoms with Crippen LogP contribution in [0.25, 0.3) is 0 Å². The van der Waals surface area contributed by atoms with Crippen molar-refractivity contribution >= 4 is 33.6 Å². The summed E-state index contributed by atoms with van der Waals surface area (Å²) >= 11 is 5.20. The molecule has 0 spiro atoms. The molecule has 108 valence electrons. The fourth-order valence-corrected chi connectivity index (χ4v) is 4.05. The van der Waals surface area contributed by atoms with Crippen molar-refractivity contribution in [3.05, 3.63) is 69.7 Å². The van der Waals surface area contributed by atoms with Gasteiger partial charge in [-0.05, 0) is 30.2 Å². The fraction of sp³-hybridized carbons (Fsp3) is 0.235. The Bertz CT molecular complexity index is 656. The second kappa shape index (κ2) is 6.24. The summed E-state index contributed by atoms with van der Waals surface area (Å²) in [6.45, 7) is 2.74. The molecule has 4 heteroatoms. The van der Waals surface area contributed by atoms with E-state index >= 15 is 0 Å². The van der Waals surface area contributed by atoms with Gasteiger partial charge >= 0.3 is 0 Å². The molecule has 1 atom stereocenters. The van der Waals surface area contributed by atoms with Gasteiger partial charge in [0, 0.05) is 11.0 Å². The SMILES string of the molecule is Cc1ccc(CN2C(=O)CS[C@H]2c2cccc(Br)c2)cc1. The summed E-state index contributed by atoms with van der Waals surface area (Å²) in [6.07, 6.45) is 0. The summed E-state index contributed by atoms with van der Waals surface area (Å²) in [6, 6.07) is 16.6. The third-order valence-corrected chi connectivity index (χ3v) is 5.32. The fourth-order valence-electron chi connectivity index (χ4n) is 2.45. The Morgan fingerprint density at radius 1 is 1.24 bits per heavy atom. The number of aryl methyl sites for hydroxylation is 1. The van der Waals surface area contributed by atoms with E-state index in [1.807, 2.05) is 17.0 Å². The van der Waals surface area contributed by atoms with Crippen LogP contribution in [0, 0.1) is 6.92 Å². The van der Waals surface area contributed by atoms with E-state index in [-0.39, 0.29) is 11.3 Å². The van der Waals surface area contributed by atoms with Gasteiger partial charge in [0.15, 0.2) is 0 Å². The van der Waals surface area contributed by atoms with Crippen LogP contribution in [-0.4, -0.2) is 16.6 Å². The molecule has 1 fully saturated rings. The minimum Gasteiger partial charge on any atom is -0.322 e. The van der Waals surface area contributed by atoms with Gasteiger partial charge in [0.25, 0.3) is 0 Å². The maximum atomic E-state index is 12.2. The molecule has 1 aliphatic heterocycles. The molecule has 2 aromatic carbocycles. The molecular formula is C17H16BrNOS. The number of benzene rings is 2. The van der Waals surface area contributed by atoms with Gasteiger partial charge in [0.05, 0.1) is 5.75 Å². The highest BCUT2D eigenvalue weighted by Gasteiger charge is 2.32. The van der Waals surface area contributed by atoms with Crippen LogP contribution in [0.5, 0.6) is 0 Å². The number of carbonyl (C=O) groups excluding carboxylic acids is 1. The molecule has 1 aliphatic rings. The number of hydrogen-bond donors (Lipinski definition) is 0. The van der Waals surface area contributed by atoms with Crippen molar-refractivity contribution in [1.29, 1.82) is 0 Å². The molecule has 0 saturated carbocycles. The highest BCUT2D eigenvalue weighted by Crippen LogP contribution is 2.40. The van der Waals surface area contributed by atoms with Gasteiger partial charge in [-0.1, -0.05) is 57.9 Å². The van der Waals surface area contributed by atoms with E-state index in [9.17, 15) is 4.79 Å². The second-order valence-corrected chi connectivity index (χ2v) is 7.21. The predicted octanol–water partition coefficient (Wildman–Crippen LogP) is 4.53. The molecule has 0 N–H and O–H groups in total. The van der Waals surface area contributed by atoms with Crippen molar-refractivity contribution in [3.8, 4) is 0 Å². The zero-order valence-corrected chi connectivity index (χ0v) is 14.2. The number of rotatable bonds is 3. The number of hydrogen-bond acceptors (Lipinski definition) is 2. The Morgan fingerprint density at radius 3 is 2.71 bits per heavy atom. The molecule has 0 bridgehead atoms. The summed E-state index contributed by atoms with van der Waals surface area (Å²) in [5, 5.41) is 0.108. The molecule has 0 aliphatic carbocycles. The molecular weight excluding hydrogens is 346 g/mol. The van der Waals surface area contributed by atoms with E-state index in [4.69, 9.17) is 0 Å². The number of halogens is 1. The van der Waals surface area contributed by atoms with Gasteiger partial charge in [0.2, 0.25) is 5.91 Å². The van der Waals surface area contributed by atoms with Crippen molar-refractivity contribution in [1.82, 2.24) is 4.90 Å². The lowest BCUT2D eigenvalue weighted by molar-refractivity contribution is -0.128. The minimum atomic E-state index is 0.108.